The molecule has 1 aliphatic rings. The summed E-state index contributed by atoms with van der Waals surface area (Å²) < 4.78 is 16.0. The molecule has 1 fully saturated rings. The summed E-state index contributed by atoms with van der Waals surface area (Å²) in [5, 5.41) is 0. The lowest BCUT2D eigenvalue weighted by Gasteiger charge is -2.28. The Morgan fingerprint density at radius 3 is 2.53 bits per heavy atom. The van der Waals surface area contributed by atoms with Crippen molar-refractivity contribution in [2.24, 2.45) is 5.92 Å². The van der Waals surface area contributed by atoms with Crippen LogP contribution in [-0.2, 0) is 13.0 Å². The van der Waals surface area contributed by atoms with Gasteiger partial charge < -0.3 is 9.47 Å². The lowest BCUT2D eigenvalue weighted by atomic mass is 9.91. The van der Waals surface area contributed by atoms with Crippen LogP contribution in [0.1, 0.15) is 41.2 Å². The van der Waals surface area contributed by atoms with E-state index in [9.17, 15) is 4.39 Å². The van der Waals surface area contributed by atoms with Crippen LogP contribution in [0.15, 0.2) is 30.7 Å². The zero-order chi connectivity index (χ0) is 23.8. The van der Waals surface area contributed by atoms with Gasteiger partial charge in [-0.15, -0.1) is 0 Å². The number of halogens is 1. The number of hydrogen-bond acceptors (Lipinski definition) is 6. The third kappa shape index (κ3) is 4.55. The predicted molar refractivity (Wildman–Crippen MR) is 130 cm³/mol. The largest absolute Gasteiger partial charge is 0.306 e. The van der Waals surface area contributed by atoms with Gasteiger partial charge in [0.2, 0.25) is 0 Å². The number of aryl methyl sites for hydroxylation is 3. The van der Waals surface area contributed by atoms with Crippen molar-refractivity contribution in [1.82, 2.24) is 34.4 Å². The van der Waals surface area contributed by atoms with Crippen molar-refractivity contribution in [3.8, 4) is 11.4 Å². The maximum absolute atomic E-state index is 14.0. The standard InChI is InChI=1S/C26H30FN7/c1-16-9-23(10-19-5-7-33(4)8-6-19)29-13-21(16)15-34-25(20-11-22(27)14-28-12-20)32-24-17(2)30-18(3)31-26(24)34/h9,11-14,19H,5-8,10,15H2,1-4H3. The zero-order valence-corrected chi connectivity index (χ0v) is 20.2. The molecule has 7 nitrogen and oxygen atoms in total. The smallest absolute Gasteiger partial charge is 0.164 e. The fraction of sp³-hybridized carbons (Fsp3) is 0.423. The van der Waals surface area contributed by atoms with E-state index in [0.717, 1.165) is 47.6 Å². The average molecular weight is 460 g/mol. The van der Waals surface area contributed by atoms with Gasteiger partial charge in [0.25, 0.3) is 0 Å². The number of nitrogens with zero attached hydrogens (tertiary/aromatic N) is 7. The first-order valence-electron chi connectivity index (χ1n) is 11.8. The Kier molecular flexibility index (Phi) is 6.08. The fourth-order valence-electron chi connectivity index (χ4n) is 4.83. The van der Waals surface area contributed by atoms with Gasteiger partial charge in [-0.1, -0.05) is 0 Å². The van der Waals surface area contributed by atoms with Crippen molar-refractivity contribution in [3.05, 3.63) is 64.9 Å². The summed E-state index contributed by atoms with van der Waals surface area (Å²) in [4.78, 5) is 25.2. The molecule has 5 rings (SSSR count). The summed E-state index contributed by atoms with van der Waals surface area (Å²) in [7, 11) is 2.19. The van der Waals surface area contributed by atoms with Gasteiger partial charge >= 0.3 is 0 Å². The lowest BCUT2D eigenvalue weighted by Crippen LogP contribution is -2.31. The number of aromatic nitrogens is 6. The van der Waals surface area contributed by atoms with E-state index in [4.69, 9.17) is 9.97 Å². The van der Waals surface area contributed by atoms with Gasteiger partial charge in [-0.2, -0.15) is 0 Å². The van der Waals surface area contributed by atoms with Crippen molar-refractivity contribution in [1.29, 1.82) is 0 Å². The van der Waals surface area contributed by atoms with Crippen LogP contribution in [0.2, 0.25) is 0 Å². The molecule has 0 aromatic carbocycles. The highest BCUT2D eigenvalue weighted by atomic mass is 19.1. The molecule has 176 valence electrons. The average Bonchev–Trinajstić information content (AvgIpc) is 3.16. The highest BCUT2D eigenvalue weighted by Gasteiger charge is 2.20. The first-order valence-corrected chi connectivity index (χ1v) is 11.8. The lowest BCUT2D eigenvalue weighted by molar-refractivity contribution is 0.218. The molecule has 4 aromatic rings. The molecule has 0 aliphatic carbocycles. The summed E-state index contributed by atoms with van der Waals surface area (Å²) in [6.45, 7) is 8.78. The molecule has 5 heterocycles. The topological polar surface area (TPSA) is 72.6 Å². The maximum Gasteiger partial charge on any atom is 0.164 e. The SMILES string of the molecule is Cc1nc(C)c2nc(-c3cncc(F)c3)n(Cc3cnc(CC4CCN(C)CC4)cc3C)c2n1. The van der Waals surface area contributed by atoms with Gasteiger partial charge in [0.15, 0.2) is 5.65 Å². The summed E-state index contributed by atoms with van der Waals surface area (Å²) in [6.07, 6.45) is 8.27. The van der Waals surface area contributed by atoms with Crippen LogP contribution in [0.25, 0.3) is 22.6 Å². The van der Waals surface area contributed by atoms with Crippen LogP contribution in [0.3, 0.4) is 0 Å². The van der Waals surface area contributed by atoms with Gasteiger partial charge in [0.05, 0.1) is 18.4 Å². The summed E-state index contributed by atoms with van der Waals surface area (Å²) in [6, 6.07) is 3.66. The van der Waals surface area contributed by atoms with Gasteiger partial charge in [-0.3, -0.25) is 9.97 Å². The Labute approximate surface area is 199 Å². The third-order valence-corrected chi connectivity index (χ3v) is 6.78. The van der Waals surface area contributed by atoms with Crippen molar-refractivity contribution in [2.45, 2.75) is 46.6 Å². The number of imidazole rings is 1. The molecule has 34 heavy (non-hydrogen) atoms. The molecule has 0 radical (unpaired) electrons. The summed E-state index contributed by atoms with van der Waals surface area (Å²) in [5.41, 5.74) is 6.29. The Morgan fingerprint density at radius 1 is 1.00 bits per heavy atom. The second-order valence-corrected chi connectivity index (χ2v) is 9.49. The summed E-state index contributed by atoms with van der Waals surface area (Å²) >= 11 is 0. The molecule has 0 spiro atoms. The monoisotopic (exact) mass is 459 g/mol. The number of pyridine rings is 2. The first kappa shape index (κ1) is 22.5. The number of likely N-dealkylation sites (tertiary alicyclic amines) is 1. The zero-order valence-electron chi connectivity index (χ0n) is 20.2. The Balaban J connectivity index is 1.50. The van der Waals surface area contributed by atoms with E-state index in [1.807, 2.05) is 24.6 Å². The second-order valence-electron chi connectivity index (χ2n) is 9.49. The fourth-order valence-corrected chi connectivity index (χ4v) is 4.83. The predicted octanol–water partition coefficient (Wildman–Crippen LogP) is 4.28. The molecule has 1 aliphatic heterocycles. The molecule has 0 amide bonds. The second kappa shape index (κ2) is 9.18. The van der Waals surface area contributed by atoms with Crippen LogP contribution in [0.5, 0.6) is 0 Å². The molecular weight excluding hydrogens is 429 g/mol. The van der Waals surface area contributed by atoms with Gasteiger partial charge in [-0.05, 0) is 89.3 Å². The van der Waals surface area contributed by atoms with Gasteiger partial charge in [0, 0.05) is 23.7 Å². The minimum absolute atomic E-state index is 0.397. The molecule has 0 saturated carbocycles. The van der Waals surface area contributed by atoms with E-state index in [1.54, 1.807) is 6.20 Å². The van der Waals surface area contributed by atoms with Gasteiger partial charge in [-0.25, -0.2) is 19.3 Å². The minimum Gasteiger partial charge on any atom is -0.306 e. The van der Waals surface area contributed by atoms with E-state index in [-0.39, 0.29) is 0 Å². The maximum atomic E-state index is 14.0. The Hall–Kier alpha value is -3.26. The molecule has 0 bridgehead atoms. The quantitative estimate of drug-likeness (QED) is 0.444. The van der Waals surface area contributed by atoms with Crippen molar-refractivity contribution in [3.63, 3.8) is 0 Å². The Morgan fingerprint density at radius 2 is 1.79 bits per heavy atom. The van der Waals surface area contributed by atoms with Crippen LogP contribution in [0, 0.1) is 32.5 Å². The minimum atomic E-state index is -0.397. The number of rotatable bonds is 5. The van der Waals surface area contributed by atoms with Crippen LogP contribution in [0.4, 0.5) is 4.39 Å². The molecular formula is C26H30FN7. The van der Waals surface area contributed by atoms with E-state index in [1.165, 1.54) is 30.7 Å². The first-order chi connectivity index (χ1) is 16.4. The Bertz CT molecular complexity index is 1340. The van der Waals surface area contributed by atoms with E-state index in [2.05, 4.69) is 39.9 Å². The van der Waals surface area contributed by atoms with Crippen molar-refractivity contribution < 1.29 is 4.39 Å². The van der Waals surface area contributed by atoms with Gasteiger partial charge in [0.1, 0.15) is 23.0 Å². The van der Waals surface area contributed by atoms with Crippen molar-refractivity contribution >= 4 is 11.2 Å². The highest BCUT2D eigenvalue weighted by molar-refractivity contribution is 5.79. The molecule has 0 unspecified atom stereocenters. The molecule has 0 N–H and O–H groups in total. The number of piperidine rings is 1. The molecule has 1 saturated heterocycles. The van der Waals surface area contributed by atoms with Crippen LogP contribution in [-0.4, -0.2) is 54.5 Å². The van der Waals surface area contributed by atoms with Crippen LogP contribution >= 0.6 is 0 Å². The van der Waals surface area contributed by atoms with E-state index in [0.29, 0.717) is 29.7 Å². The molecule has 4 aromatic heterocycles. The third-order valence-electron chi connectivity index (χ3n) is 6.78. The summed E-state index contributed by atoms with van der Waals surface area (Å²) in [5.74, 6) is 1.60. The van der Waals surface area contributed by atoms with E-state index >= 15 is 0 Å². The molecule has 0 atom stereocenters. The van der Waals surface area contributed by atoms with Crippen molar-refractivity contribution in [2.75, 3.05) is 20.1 Å². The van der Waals surface area contributed by atoms with Crippen LogP contribution < -0.4 is 0 Å². The molecule has 8 heteroatoms. The normalized spacial score (nSPS) is 15.3. The van der Waals surface area contributed by atoms with E-state index < -0.39 is 5.82 Å². The number of hydrogen-bond donors (Lipinski definition) is 0. The highest BCUT2D eigenvalue weighted by Crippen LogP contribution is 2.27. The number of fused-ring (bicyclic) bond motifs is 1.